The maximum atomic E-state index is 5.54. The SMILES string of the molecule is CCC(C)C(C)NCCOc1cccnc1. The van der Waals surface area contributed by atoms with Gasteiger partial charge >= 0.3 is 0 Å². The molecular weight excluding hydrogens is 200 g/mol. The summed E-state index contributed by atoms with van der Waals surface area (Å²) >= 11 is 0. The highest BCUT2D eigenvalue weighted by Crippen LogP contribution is 2.07. The van der Waals surface area contributed by atoms with Gasteiger partial charge in [-0.15, -0.1) is 0 Å². The molecule has 0 aromatic carbocycles. The van der Waals surface area contributed by atoms with Crippen LogP contribution in [0.15, 0.2) is 24.5 Å². The van der Waals surface area contributed by atoms with Gasteiger partial charge in [0.1, 0.15) is 12.4 Å². The average Bonchev–Trinajstić information content (AvgIpc) is 2.34. The first-order valence-electron chi connectivity index (χ1n) is 6.00. The Morgan fingerprint density at radius 1 is 1.44 bits per heavy atom. The second-order valence-electron chi connectivity index (χ2n) is 4.17. The van der Waals surface area contributed by atoms with Crippen LogP contribution < -0.4 is 10.1 Å². The fraction of sp³-hybridized carbons (Fsp3) is 0.615. The molecule has 0 aliphatic carbocycles. The van der Waals surface area contributed by atoms with Crippen molar-refractivity contribution in [3.05, 3.63) is 24.5 Å². The normalized spacial score (nSPS) is 14.4. The Labute approximate surface area is 98.2 Å². The molecule has 0 fully saturated rings. The minimum atomic E-state index is 0.544. The summed E-state index contributed by atoms with van der Waals surface area (Å²) in [6, 6.07) is 4.35. The van der Waals surface area contributed by atoms with E-state index in [1.54, 1.807) is 12.4 Å². The van der Waals surface area contributed by atoms with Crippen molar-refractivity contribution in [2.45, 2.75) is 33.2 Å². The van der Waals surface area contributed by atoms with Gasteiger partial charge in [-0.3, -0.25) is 4.98 Å². The molecule has 3 heteroatoms. The van der Waals surface area contributed by atoms with E-state index in [2.05, 4.69) is 31.1 Å². The number of nitrogens with one attached hydrogen (secondary N) is 1. The summed E-state index contributed by atoms with van der Waals surface area (Å²) in [5, 5.41) is 3.46. The van der Waals surface area contributed by atoms with Crippen LogP contribution in [0.3, 0.4) is 0 Å². The van der Waals surface area contributed by atoms with Gasteiger partial charge in [-0.25, -0.2) is 0 Å². The quantitative estimate of drug-likeness (QED) is 0.720. The van der Waals surface area contributed by atoms with E-state index in [-0.39, 0.29) is 0 Å². The minimum absolute atomic E-state index is 0.544. The Morgan fingerprint density at radius 2 is 2.25 bits per heavy atom. The van der Waals surface area contributed by atoms with Crippen molar-refractivity contribution >= 4 is 0 Å². The molecule has 0 radical (unpaired) electrons. The van der Waals surface area contributed by atoms with E-state index in [1.807, 2.05) is 12.1 Å². The highest BCUT2D eigenvalue weighted by Gasteiger charge is 2.08. The number of aromatic nitrogens is 1. The largest absolute Gasteiger partial charge is 0.491 e. The predicted octanol–water partition coefficient (Wildman–Crippen LogP) is 2.48. The second-order valence-corrected chi connectivity index (χ2v) is 4.17. The van der Waals surface area contributed by atoms with Crippen molar-refractivity contribution in [2.24, 2.45) is 5.92 Å². The number of nitrogens with zero attached hydrogens (tertiary/aromatic N) is 1. The molecule has 0 aliphatic heterocycles. The average molecular weight is 222 g/mol. The van der Waals surface area contributed by atoms with Crippen LogP contribution in [0.1, 0.15) is 27.2 Å². The molecule has 0 spiro atoms. The molecule has 16 heavy (non-hydrogen) atoms. The first-order chi connectivity index (χ1) is 7.74. The molecule has 0 amide bonds. The van der Waals surface area contributed by atoms with Crippen LogP contribution in [-0.2, 0) is 0 Å². The zero-order chi connectivity index (χ0) is 11.8. The third kappa shape index (κ3) is 4.62. The molecule has 1 heterocycles. The zero-order valence-corrected chi connectivity index (χ0v) is 10.4. The highest BCUT2D eigenvalue weighted by molar-refractivity contribution is 5.15. The van der Waals surface area contributed by atoms with E-state index in [0.717, 1.165) is 12.3 Å². The van der Waals surface area contributed by atoms with Gasteiger partial charge in [-0.2, -0.15) is 0 Å². The molecule has 1 aromatic heterocycles. The van der Waals surface area contributed by atoms with Crippen LogP contribution in [0.2, 0.25) is 0 Å². The molecule has 2 atom stereocenters. The molecule has 0 saturated carbocycles. The fourth-order valence-corrected chi connectivity index (χ4v) is 1.44. The van der Waals surface area contributed by atoms with Crippen LogP contribution >= 0.6 is 0 Å². The minimum Gasteiger partial charge on any atom is -0.491 e. The number of hydrogen-bond acceptors (Lipinski definition) is 3. The van der Waals surface area contributed by atoms with Crippen molar-refractivity contribution in [1.82, 2.24) is 10.3 Å². The van der Waals surface area contributed by atoms with E-state index in [4.69, 9.17) is 4.74 Å². The third-order valence-corrected chi connectivity index (χ3v) is 2.97. The summed E-state index contributed by atoms with van der Waals surface area (Å²) in [7, 11) is 0. The Bertz CT molecular complexity index is 277. The van der Waals surface area contributed by atoms with E-state index in [9.17, 15) is 0 Å². The Kier molecular flexibility index (Phi) is 5.86. The van der Waals surface area contributed by atoms with Gasteiger partial charge in [0.25, 0.3) is 0 Å². The Hall–Kier alpha value is -1.09. The van der Waals surface area contributed by atoms with Crippen molar-refractivity contribution < 1.29 is 4.74 Å². The number of pyridine rings is 1. The molecular formula is C13H22N2O. The van der Waals surface area contributed by atoms with Gasteiger partial charge in [0.05, 0.1) is 6.20 Å². The lowest BCUT2D eigenvalue weighted by Crippen LogP contribution is -2.34. The lowest BCUT2D eigenvalue weighted by Gasteiger charge is -2.19. The van der Waals surface area contributed by atoms with Crippen LogP contribution in [0, 0.1) is 5.92 Å². The summed E-state index contributed by atoms with van der Waals surface area (Å²) < 4.78 is 5.54. The summed E-state index contributed by atoms with van der Waals surface area (Å²) in [5.74, 6) is 1.54. The molecule has 90 valence electrons. The maximum Gasteiger partial charge on any atom is 0.137 e. The van der Waals surface area contributed by atoms with Crippen LogP contribution in [0.25, 0.3) is 0 Å². The summed E-state index contributed by atoms with van der Waals surface area (Å²) in [6.07, 6.45) is 4.69. The standard InChI is InChI=1S/C13H22N2O/c1-4-11(2)12(3)15-8-9-16-13-6-5-7-14-10-13/h5-7,10-12,15H,4,8-9H2,1-3H3. The molecule has 0 saturated heterocycles. The molecule has 1 rings (SSSR count). The van der Waals surface area contributed by atoms with Crippen LogP contribution in [0.4, 0.5) is 0 Å². The number of hydrogen-bond donors (Lipinski definition) is 1. The zero-order valence-electron chi connectivity index (χ0n) is 10.4. The van der Waals surface area contributed by atoms with Gasteiger partial charge in [0.15, 0.2) is 0 Å². The van der Waals surface area contributed by atoms with Gasteiger partial charge in [-0.1, -0.05) is 20.3 Å². The molecule has 1 aromatic rings. The van der Waals surface area contributed by atoms with E-state index >= 15 is 0 Å². The Balaban J connectivity index is 2.13. The fourth-order valence-electron chi connectivity index (χ4n) is 1.44. The number of rotatable bonds is 7. The van der Waals surface area contributed by atoms with Crippen LogP contribution in [-0.4, -0.2) is 24.2 Å². The molecule has 1 N–H and O–H groups in total. The summed E-state index contributed by atoms with van der Waals surface area (Å²) in [6.45, 7) is 8.26. The molecule has 2 unspecified atom stereocenters. The maximum absolute atomic E-state index is 5.54. The topological polar surface area (TPSA) is 34.1 Å². The third-order valence-electron chi connectivity index (χ3n) is 2.97. The smallest absolute Gasteiger partial charge is 0.137 e. The van der Waals surface area contributed by atoms with E-state index in [1.165, 1.54) is 6.42 Å². The van der Waals surface area contributed by atoms with Gasteiger partial charge < -0.3 is 10.1 Å². The van der Waals surface area contributed by atoms with Crippen molar-refractivity contribution in [2.75, 3.05) is 13.2 Å². The first kappa shape index (κ1) is 13.0. The van der Waals surface area contributed by atoms with Gasteiger partial charge in [0.2, 0.25) is 0 Å². The first-order valence-corrected chi connectivity index (χ1v) is 6.00. The summed E-state index contributed by atoms with van der Waals surface area (Å²) in [5.41, 5.74) is 0. The monoisotopic (exact) mass is 222 g/mol. The molecule has 0 bridgehead atoms. The summed E-state index contributed by atoms with van der Waals surface area (Å²) in [4.78, 5) is 3.99. The lowest BCUT2D eigenvalue weighted by atomic mass is 10.0. The van der Waals surface area contributed by atoms with E-state index in [0.29, 0.717) is 18.6 Å². The van der Waals surface area contributed by atoms with Crippen molar-refractivity contribution in [1.29, 1.82) is 0 Å². The Morgan fingerprint density at radius 3 is 2.88 bits per heavy atom. The van der Waals surface area contributed by atoms with Gasteiger partial charge in [0, 0.05) is 18.8 Å². The van der Waals surface area contributed by atoms with Crippen LogP contribution in [0.5, 0.6) is 5.75 Å². The van der Waals surface area contributed by atoms with Gasteiger partial charge in [-0.05, 0) is 25.0 Å². The van der Waals surface area contributed by atoms with Crippen molar-refractivity contribution in [3.8, 4) is 5.75 Å². The lowest BCUT2D eigenvalue weighted by molar-refractivity contribution is 0.291. The highest BCUT2D eigenvalue weighted by atomic mass is 16.5. The second kappa shape index (κ2) is 7.23. The predicted molar refractivity (Wildman–Crippen MR) is 66.7 cm³/mol. The molecule has 0 aliphatic rings. The number of ether oxygens (including phenoxy) is 1. The van der Waals surface area contributed by atoms with Crippen molar-refractivity contribution in [3.63, 3.8) is 0 Å². The molecule has 3 nitrogen and oxygen atoms in total. The van der Waals surface area contributed by atoms with E-state index < -0.39 is 0 Å².